The van der Waals surface area contributed by atoms with Gasteiger partial charge in [0.1, 0.15) is 5.54 Å². The molecule has 112 valence electrons. The van der Waals surface area contributed by atoms with Gasteiger partial charge in [-0.3, -0.25) is 4.79 Å². The topological polar surface area (TPSA) is 102 Å². The Morgan fingerprint density at radius 2 is 2.05 bits per heavy atom. The molecule has 0 aliphatic carbocycles. The summed E-state index contributed by atoms with van der Waals surface area (Å²) in [5.41, 5.74) is 0.141. The number of imide groups is 1. The zero-order valence-electron chi connectivity index (χ0n) is 11.9. The first-order valence-corrected chi connectivity index (χ1v) is 6.46. The standard InChI is InChI=1S/C14H17N3O4/c1-14(12(19)17(15)13(20)16-14)8-7-9-5-3-4-6-10(9)11(18)21-2/h3-6H,7-8,15H2,1-2H3,(H,16,20)/t14-/m1/s1. The molecule has 1 aromatic rings. The number of carbonyl (C=O) groups excluding carboxylic acids is 3. The van der Waals surface area contributed by atoms with Crippen LogP contribution in [0.3, 0.4) is 0 Å². The number of ether oxygens (including phenoxy) is 1. The summed E-state index contributed by atoms with van der Waals surface area (Å²) in [5.74, 6) is 4.45. The Labute approximate surface area is 122 Å². The Balaban J connectivity index is 2.16. The van der Waals surface area contributed by atoms with Crippen molar-refractivity contribution in [3.63, 3.8) is 0 Å². The fourth-order valence-corrected chi connectivity index (χ4v) is 2.31. The van der Waals surface area contributed by atoms with Crippen molar-refractivity contribution in [2.45, 2.75) is 25.3 Å². The minimum absolute atomic E-state index is 0.333. The third-order valence-corrected chi connectivity index (χ3v) is 3.61. The highest BCUT2D eigenvalue weighted by atomic mass is 16.5. The van der Waals surface area contributed by atoms with Gasteiger partial charge in [0.05, 0.1) is 12.7 Å². The highest BCUT2D eigenvalue weighted by Crippen LogP contribution is 2.22. The van der Waals surface area contributed by atoms with E-state index in [2.05, 4.69) is 5.32 Å². The van der Waals surface area contributed by atoms with Gasteiger partial charge in [-0.2, -0.15) is 5.01 Å². The number of urea groups is 1. The fourth-order valence-electron chi connectivity index (χ4n) is 2.31. The average molecular weight is 291 g/mol. The summed E-state index contributed by atoms with van der Waals surface area (Å²) in [7, 11) is 1.31. The molecule has 2 rings (SSSR count). The molecule has 21 heavy (non-hydrogen) atoms. The van der Waals surface area contributed by atoms with Crippen LogP contribution in [-0.2, 0) is 16.0 Å². The number of benzene rings is 1. The van der Waals surface area contributed by atoms with Crippen LogP contribution in [0.1, 0.15) is 29.3 Å². The van der Waals surface area contributed by atoms with Crippen LogP contribution in [0.5, 0.6) is 0 Å². The Morgan fingerprint density at radius 1 is 1.38 bits per heavy atom. The van der Waals surface area contributed by atoms with Gasteiger partial charge in [-0.15, -0.1) is 0 Å². The molecule has 7 heteroatoms. The Morgan fingerprint density at radius 3 is 2.62 bits per heavy atom. The second kappa shape index (κ2) is 5.53. The van der Waals surface area contributed by atoms with Crippen molar-refractivity contribution in [2.24, 2.45) is 5.84 Å². The number of esters is 1. The third kappa shape index (κ3) is 2.73. The minimum Gasteiger partial charge on any atom is -0.465 e. The van der Waals surface area contributed by atoms with Crippen molar-refractivity contribution < 1.29 is 19.1 Å². The van der Waals surface area contributed by atoms with E-state index >= 15 is 0 Å². The summed E-state index contributed by atoms with van der Waals surface area (Å²) < 4.78 is 4.73. The van der Waals surface area contributed by atoms with Gasteiger partial charge >= 0.3 is 12.0 Å². The molecule has 0 aromatic heterocycles. The lowest BCUT2D eigenvalue weighted by Crippen LogP contribution is -2.45. The van der Waals surface area contributed by atoms with E-state index in [1.165, 1.54) is 7.11 Å². The lowest BCUT2D eigenvalue weighted by atomic mass is 9.91. The highest BCUT2D eigenvalue weighted by molar-refractivity contribution is 6.06. The molecule has 1 aliphatic heterocycles. The SMILES string of the molecule is COC(=O)c1ccccc1CC[C@@]1(C)NC(=O)N(N)C1=O. The van der Waals surface area contributed by atoms with Gasteiger partial charge in [-0.25, -0.2) is 15.4 Å². The molecule has 0 saturated carbocycles. The van der Waals surface area contributed by atoms with Crippen molar-refractivity contribution in [1.29, 1.82) is 0 Å². The number of nitrogens with one attached hydrogen (secondary N) is 1. The van der Waals surface area contributed by atoms with E-state index in [0.29, 0.717) is 23.4 Å². The van der Waals surface area contributed by atoms with Gasteiger partial charge in [0.2, 0.25) is 0 Å². The zero-order valence-corrected chi connectivity index (χ0v) is 11.9. The fraction of sp³-hybridized carbons (Fsp3) is 0.357. The number of hydrazine groups is 1. The first-order chi connectivity index (χ1) is 9.89. The van der Waals surface area contributed by atoms with Crippen LogP contribution >= 0.6 is 0 Å². The number of aryl methyl sites for hydroxylation is 1. The van der Waals surface area contributed by atoms with E-state index in [4.69, 9.17) is 10.6 Å². The molecule has 1 aliphatic rings. The van der Waals surface area contributed by atoms with Crippen molar-refractivity contribution in [1.82, 2.24) is 10.3 Å². The maximum atomic E-state index is 12.0. The molecule has 0 bridgehead atoms. The number of nitrogens with two attached hydrogens (primary N) is 1. The minimum atomic E-state index is -1.06. The Kier molecular flexibility index (Phi) is 3.95. The number of amides is 3. The van der Waals surface area contributed by atoms with Gasteiger partial charge in [0.15, 0.2) is 0 Å². The molecule has 1 heterocycles. The van der Waals surface area contributed by atoms with E-state index in [1.54, 1.807) is 31.2 Å². The number of hydrogen-bond donors (Lipinski definition) is 2. The van der Waals surface area contributed by atoms with E-state index in [-0.39, 0.29) is 0 Å². The van der Waals surface area contributed by atoms with Crippen LogP contribution in [0.25, 0.3) is 0 Å². The second-order valence-corrected chi connectivity index (χ2v) is 5.09. The molecule has 3 N–H and O–H groups in total. The molecule has 7 nitrogen and oxygen atoms in total. The molecule has 1 fully saturated rings. The molecule has 1 aromatic carbocycles. The van der Waals surface area contributed by atoms with Gasteiger partial charge in [-0.05, 0) is 31.4 Å². The van der Waals surface area contributed by atoms with Crippen LogP contribution in [0.15, 0.2) is 24.3 Å². The molecule has 0 spiro atoms. The number of rotatable bonds is 4. The number of nitrogens with zero attached hydrogens (tertiary/aromatic N) is 1. The molecule has 0 unspecified atom stereocenters. The van der Waals surface area contributed by atoms with Gasteiger partial charge < -0.3 is 10.1 Å². The highest BCUT2D eigenvalue weighted by Gasteiger charge is 2.46. The lowest BCUT2D eigenvalue weighted by molar-refractivity contribution is -0.131. The zero-order chi connectivity index (χ0) is 15.6. The van der Waals surface area contributed by atoms with E-state index in [9.17, 15) is 14.4 Å². The monoisotopic (exact) mass is 291 g/mol. The summed E-state index contributed by atoms with van der Waals surface area (Å²) in [4.78, 5) is 35.1. The predicted molar refractivity (Wildman–Crippen MR) is 74.1 cm³/mol. The lowest BCUT2D eigenvalue weighted by Gasteiger charge is -2.21. The normalized spacial score (nSPS) is 21.4. The van der Waals surface area contributed by atoms with Crippen molar-refractivity contribution >= 4 is 17.9 Å². The summed E-state index contributed by atoms with van der Waals surface area (Å²) in [6, 6.07) is 6.37. The predicted octanol–water partition coefficient (Wildman–Crippen LogP) is 0.590. The maximum Gasteiger partial charge on any atom is 0.339 e. The van der Waals surface area contributed by atoms with Crippen LogP contribution in [-0.4, -0.2) is 35.6 Å². The number of methoxy groups -OCH3 is 1. The largest absolute Gasteiger partial charge is 0.465 e. The number of carbonyl (C=O) groups is 3. The molecular formula is C14H17N3O4. The van der Waals surface area contributed by atoms with E-state index in [1.807, 2.05) is 0 Å². The van der Waals surface area contributed by atoms with Gasteiger partial charge in [0.25, 0.3) is 5.91 Å². The van der Waals surface area contributed by atoms with Crippen molar-refractivity contribution in [3.05, 3.63) is 35.4 Å². The molecule has 1 saturated heterocycles. The van der Waals surface area contributed by atoms with Gasteiger partial charge in [-0.1, -0.05) is 18.2 Å². The number of hydrogen-bond acceptors (Lipinski definition) is 5. The Hall–Kier alpha value is -2.41. The van der Waals surface area contributed by atoms with Crippen molar-refractivity contribution in [3.8, 4) is 0 Å². The Bertz CT molecular complexity index is 602. The summed E-state index contributed by atoms with van der Waals surface area (Å²) in [5, 5.41) is 3.13. The van der Waals surface area contributed by atoms with Crippen LogP contribution in [0.4, 0.5) is 4.79 Å². The van der Waals surface area contributed by atoms with Crippen LogP contribution < -0.4 is 11.2 Å². The smallest absolute Gasteiger partial charge is 0.339 e. The van der Waals surface area contributed by atoms with Crippen LogP contribution in [0, 0.1) is 0 Å². The van der Waals surface area contributed by atoms with Crippen molar-refractivity contribution in [2.75, 3.05) is 7.11 Å². The summed E-state index contributed by atoms with van der Waals surface area (Å²) >= 11 is 0. The quantitative estimate of drug-likeness (QED) is 0.366. The summed E-state index contributed by atoms with van der Waals surface area (Å²) in [6.45, 7) is 1.61. The molecular weight excluding hydrogens is 274 g/mol. The van der Waals surface area contributed by atoms with E-state index < -0.39 is 23.4 Å². The average Bonchev–Trinajstić information content (AvgIpc) is 2.68. The van der Waals surface area contributed by atoms with Gasteiger partial charge in [0, 0.05) is 0 Å². The summed E-state index contributed by atoms with van der Waals surface area (Å²) in [6.07, 6.45) is 0.765. The second-order valence-electron chi connectivity index (χ2n) is 5.09. The molecule has 0 radical (unpaired) electrons. The van der Waals surface area contributed by atoms with Crippen LogP contribution in [0.2, 0.25) is 0 Å². The first kappa shape index (κ1) is 15.0. The molecule has 1 atom stereocenters. The molecule has 3 amide bonds. The third-order valence-electron chi connectivity index (χ3n) is 3.61. The van der Waals surface area contributed by atoms with E-state index in [0.717, 1.165) is 5.56 Å². The first-order valence-electron chi connectivity index (χ1n) is 6.46. The maximum absolute atomic E-state index is 12.0.